The monoisotopic (exact) mass is 273 g/mol. The van der Waals surface area contributed by atoms with Gasteiger partial charge in [-0.15, -0.1) is 0 Å². The van der Waals surface area contributed by atoms with Gasteiger partial charge in [0.1, 0.15) is 17.4 Å². The SMILES string of the molecule is Cc1noc(C)c1NC(=O)C1CCC(=O)c2cccn21. The molecule has 1 N–H and O–H groups in total. The molecule has 0 saturated heterocycles. The largest absolute Gasteiger partial charge is 0.359 e. The molecule has 3 rings (SSSR count). The van der Waals surface area contributed by atoms with E-state index in [1.54, 1.807) is 36.7 Å². The molecular weight excluding hydrogens is 258 g/mol. The normalized spacial score (nSPS) is 17.9. The molecule has 0 aromatic carbocycles. The number of carbonyl (C=O) groups excluding carboxylic acids is 2. The molecule has 0 bridgehead atoms. The molecule has 1 aliphatic heterocycles. The Hall–Kier alpha value is -2.37. The number of fused-ring (bicyclic) bond motifs is 1. The second-order valence-corrected chi connectivity index (χ2v) is 4.97. The Balaban J connectivity index is 1.86. The van der Waals surface area contributed by atoms with Crippen LogP contribution in [0.25, 0.3) is 0 Å². The minimum Gasteiger partial charge on any atom is -0.359 e. The van der Waals surface area contributed by atoms with Crippen LogP contribution in [0.2, 0.25) is 0 Å². The van der Waals surface area contributed by atoms with Crippen molar-refractivity contribution in [3.8, 4) is 0 Å². The molecule has 3 heterocycles. The van der Waals surface area contributed by atoms with Gasteiger partial charge in [-0.25, -0.2) is 0 Å². The number of Topliss-reactive ketones (excluding diaryl/α,β-unsaturated/α-hetero) is 1. The first kappa shape index (κ1) is 12.7. The molecular formula is C14H15N3O3. The average molecular weight is 273 g/mol. The lowest BCUT2D eigenvalue weighted by Gasteiger charge is -2.24. The van der Waals surface area contributed by atoms with Gasteiger partial charge in [-0.3, -0.25) is 9.59 Å². The lowest BCUT2D eigenvalue weighted by atomic mass is 10.0. The van der Waals surface area contributed by atoms with Gasteiger partial charge in [0.2, 0.25) is 5.91 Å². The molecule has 6 heteroatoms. The Morgan fingerprint density at radius 2 is 2.30 bits per heavy atom. The van der Waals surface area contributed by atoms with Crippen LogP contribution in [0.1, 0.15) is 40.8 Å². The van der Waals surface area contributed by atoms with E-state index in [1.807, 2.05) is 0 Å². The van der Waals surface area contributed by atoms with Crippen molar-refractivity contribution in [1.29, 1.82) is 0 Å². The fourth-order valence-corrected chi connectivity index (χ4v) is 2.56. The third-order valence-electron chi connectivity index (χ3n) is 3.63. The van der Waals surface area contributed by atoms with Crippen LogP contribution in [0.5, 0.6) is 0 Å². The first-order chi connectivity index (χ1) is 9.58. The van der Waals surface area contributed by atoms with Crippen molar-refractivity contribution in [2.75, 3.05) is 5.32 Å². The summed E-state index contributed by atoms with van der Waals surface area (Å²) in [5.74, 6) is 0.510. The van der Waals surface area contributed by atoms with E-state index in [9.17, 15) is 9.59 Å². The first-order valence-electron chi connectivity index (χ1n) is 6.51. The molecule has 2 aromatic heterocycles. The Bertz CT molecular complexity index is 664. The van der Waals surface area contributed by atoms with Crippen LogP contribution in [0.15, 0.2) is 22.9 Å². The molecule has 0 saturated carbocycles. The van der Waals surface area contributed by atoms with E-state index in [0.29, 0.717) is 35.7 Å². The van der Waals surface area contributed by atoms with Crippen LogP contribution in [0.3, 0.4) is 0 Å². The molecule has 104 valence electrons. The summed E-state index contributed by atoms with van der Waals surface area (Å²) in [6.45, 7) is 3.53. The maximum absolute atomic E-state index is 12.4. The van der Waals surface area contributed by atoms with Gasteiger partial charge in [0, 0.05) is 12.6 Å². The Labute approximate surface area is 115 Å². The van der Waals surface area contributed by atoms with Crippen molar-refractivity contribution in [3.05, 3.63) is 35.5 Å². The van der Waals surface area contributed by atoms with E-state index < -0.39 is 0 Å². The number of aromatic nitrogens is 2. The maximum Gasteiger partial charge on any atom is 0.247 e. The van der Waals surface area contributed by atoms with Crippen LogP contribution in [0, 0.1) is 13.8 Å². The van der Waals surface area contributed by atoms with Gasteiger partial charge in [0.25, 0.3) is 0 Å². The van der Waals surface area contributed by atoms with E-state index in [-0.39, 0.29) is 17.7 Å². The zero-order valence-electron chi connectivity index (χ0n) is 11.3. The smallest absolute Gasteiger partial charge is 0.247 e. The Morgan fingerprint density at radius 3 is 3.00 bits per heavy atom. The molecule has 0 radical (unpaired) electrons. The number of ketones is 1. The molecule has 1 atom stereocenters. The number of anilines is 1. The van der Waals surface area contributed by atoms with Crippen LogP contribution in [-0.2, 0) is 4.79 Å². The van der Waals surface area contributed by atoms with E-state index in [4.69, 9.17) is 4.52 Å². The van der Waals surface area contributed by atoms with Crippen LogP contribution >= 0.6 is 0 Å². The fraction of sp³-hybridized carbons (Fsp3) is 0.357. The highest BCUT2D eigenvalue weighted by molar-refractivity contribution is 6.00. The zero-order chi connectivity index (χ0) is 14.3. The lowest BCUT2D eigenvalue weighted by Crippen LogP contribution is -2.31. The maximum atomic E-state index is 12.4. The summed E-state index contributed by atoms with van der Waals surface area (Å²) in [4.78, 5) is 24.2. The van der Waals surface area contributed by atoms with Gasteiger partial charge in [0.05, 0.1) is 5.69 Å². The minimum atomic E-state index is -0.369. The third-order valence-corrected chi connectivity index (χ3v) is 3.63. The number of nitrogens with one attached hydrogen (secondary N) is 1. The first-order valence-corrected chi connectivity index (χ1v) is 6.51. The minimum absolute atomic E-state index is 0.0800. The summed E-state index contributed by atoms with van der Waals surface area (Å²) in [7, 11) is 0. The van der Waals surface area contributed by atoms with Crippen LogP contribution < -0.4 is 5.32 Å². The highest BCUT2D eigenvalue weighted by Gasteiger charge is 2.30. The van der Waals surface area contributed by atoms with E-state index in [0.717, 1.165) is 0 Å². The van der Waals surface area contributed by atoms with Gasteiger partial charge >= 0.3 is 0 Å². The van der Waals surface area contributed by atoms with Gasteiger partial charge in [-0.1, -0.05) is 5.16 Å². The quantitative estimate of drug-likeness (QED) is 0.910. The molecule has 1 amide bonds. The van der Waals surface area contributed by atoms with Gasteiger partial charge in [-0.05, 0) is 32.4 Å². The molecule has 6 nitrogen and oxygen atoms in total. The standard InChI is InChI=1S/C14H15N3O3/c1-8-13(9(2)20-16-8)15-14(19)11-5-6-12(18)10-4-3-7-17(10)11/h3-4,7,11H,5-6H2,1-2H3,(H,15,19). The summed E-state index contributed by atoms with van der Waals surface area (Å²) in [6.07, 6.45) is 2.67. The third kappa shape index (κ3) is 1.93. The molecule has 0 fully saturated rings. The summed E-state index contributed by atoms with van der Waals surface area (Å²) in [5, 5.41) is 6.66. The van der Waals surface area contributed by atoms with Gasteiger partial charge in [-0.2, -0.15) is 0 Å². The predicted octanol–water partition coefficient (Wildman–Crippen LogP) is 2.25. The van der Waals surface area contributed by atoms with E-state index in [2.05, 4.69) is 10.5 Å². The van der Waals surface area contributed by atoms with Crippen molar-refractivity contribution >= 4 is 17.4 Å². The second-order valence-electron chi connectivity index (χ2n) is 4.97. The summed E-state index contributed by atoms with van der Waals surface area (Å²) < 4.78 is 6.76. The number of hydrogen-bond donors (Lipinski definition) is 1. The van der Waals surface area contributed by atoms with Crippen molar-refractivity contribution in [3.63, 3.8) is 0 Å². The lowest BCUT2D eigenvalue weighted by molar-refractivity contribution is -0.119. The number of amides is 1. The zero-order valence-corrected chi connectivity index (χ0v) is 11.3. The summed E-state index contributed by atoms with van der Waals surface area (Å²) >= 11 is 0. The molecule has 20 heavy (non-hydrogen) atoms. The highest BCUT2D eigenvalue weighted by atomic mass is 16.5. The number of rotatable bonds is 2. The van der Waals surface area contributed by atoms with Crippen LogP contribution in [-0.4, -0.2) is 21.4 Å². The average Bonchev–Trinajstić information content (AvgIpc) is 3.02. The molecule has 0 spiro atoms. The van der Waals surface area contributed by atoms with Crippen molar-refractivity contribution < 1.29 is 14.1 Å². The van der Waals surface area contributed by atoms with Crippen molar-refractivity contribution in [1.82, 2.24) is 9.72 Å². The van der Waals surface area contributed by atoms with Crippen molar-refractivity contribution in [2.24, 2.45) is 0 Å². The second kappa shape index (κ2) is 4.63. The molecule has 1 unspecified atom stereocenters. The number of carbonyl (C=O) groups is 2. The number of aryl methyl sites for hydroxylation is 2. The summed E-state index contributed by atoms with van der Waals surface area (Å²) in [5.41, 5.74) is 1.85. The number of nitrogens with zero attached hydrogens (tertiary/aromatic N) is 2. The van der Waals surface area contributed by atoms with Gasteiger partial charge < -0.3 is 14.4 Å². The molecule has 0 aliphatic carbocycles. The highest BCUT2D eigenvalue weighted by Crippen LogP contribution is 2.27. The van der Waals surface area contributed by atoms with Crippen molar-refractivity contribution in [2.45, 2.75) is 32.7 Å². The predicted molar refractivity (Wildman–Crippen MR) is 71.6 cm³/mol. The number of hydrogen-bond acceptors (Lipinski definition) is 4. The van der Waals surface area contributed by atoms with E-state index in [1.165, 1.54) is 0 Å². The van der Waals surface area contributed by atoms with Gasteiger partial charge in [0.15, 0.2) is 11.5 Å². The fourth-order valence-electron chi connectivity index (χ4n) is 2.56. The van der Waals surface area contributed by atoms with E-state index >= 15 is 0 Å². The van der Waals surface area contributed by atoms with Crippen LogP contribution in [0.4, 0.5) is 5.69 Å². The topological polar surface area (TPSA) is 77.1 Å². The molecule has 2 aromatic rings. The Kier molecular flexibility index (Phi) is 2.93. The Morgan fingerprint density at radius 1 is 1.50 bits per heavy atom. The molecule has 1 aliphatic rings. The summed E-state index contributed by atoms with van der Waals surface area (Å²) in [6, 6.07) is 3.17.